The first-order valence-corrected chi connectivity index (χ1v) is 7.22. The van der Waals surface area contributed by atoms with E-state index in [0.29, 0.717) is 0 Å². The van der Waals surface area contributed by atoms with E-state index in [-0.39, 0.29) is 0 Å². The molecule has 1 aromatic heterocycles. The summed E-state index contributed by atoms with van der Waals surface area (Å²) in [5, 5.41) is 4.48. The number of rotatable bonds is 7. The Labute approximate surface area is 118 Å². The lowest BCUT2D eigenvalue weighted by Gasteiger charge is -2.06. The number of nitrogens with zero attached hydrogens (tertiary/aromatic N) is 2. The molecular formula is C14H19N3OS. The van der Waals surface area contributed by atoms with Crippen molar-refractivity contribution < 1.29 is 4.74 Å². The fraction of sp³-hybridized carbons (Fsp3) is 0.357. The number of ether oxygens (including phenoxy) is 1. The Morgan fingerprint density at radius 3 is 2.74 bits per heavy atom. The first kappa shape index (κ1) is 14.0. The minimum atomic E-state index is 0.880. The molecule has 19 heavy (non-hydrogen) atoms. The predicted molar refractivity (Wildman–Crippen MR) is 78.6 cm³/mol. The Bertz CT molecular complexity index is 496. The quantitative estimate of drug-likeness (QED) is 0.623. The molecule has 0 atom stereocenters. The normalized spacial score (nSPS) is 10.6. The van der Waals surface area contributed by atoms with Crippen molar-refractivity contribution in [2.24, 2.45) is 7.05 Å². The first-order valence-electron chi connectivity index (χ1n) is 6.23. The Morgan fingerprint density at radius 2 is 2.11 bits per heavy atom. The standard InChI is InChI=1S/C14H19N3OS/c1-17-9-7-16-14(17)19-10-8-15-11-12-3-5-13(18-2)6-4-12/h3-7,9,15H,8,10-11H2,1-2H3. The molecule has 0 saturated carbocycles. The highest BCUT2D eigenvalue weighted by atomic mass is 32.2. The van der Waals surface area contributed by atoms with Gasteiger partial charge >= 0.3 is 0 Å². The molecule has 5 heteroatoms. The topological polar surface area (TPSA) is 39.1 Å². The number of thioether (sulfide) groups is 1. The van der Waals surface area contributed by atoms with E-state index in [1.54, 1.807) is 18.9 Å². The molecule has 0 saturated heterocycles. The Morgan fingerprint density at radius 1 is 1.32 bits per heavy atom. The van der Waals surface area contributed by atoms with Gasteiger partial charge < -0.3 is 14.6 Å². The van der Waals surface area contributed by atoms with Crippen LogP contribution >= 0.6 is 11.8 Å². The van der Waals surface area contributed by atoms with Gasteiger partial charge in [0.15, 0.2) is 5.16 Å². The highest BCUT2D eigenvalue weighted by molar-refractivity contribution is 7.99. The molecule has 4 nitrogen and oxygen atoms in total. The Hall–Kier alpha value is -1.46. The van der Waals surface area contributed by atoms with E-state index in [1.165, 1.54) is 5.56 Å². The number of imidazole rings is 1. The lowest BCUT2D eigenvalue weighted by molar-refractivity contribution is 0.414. The van der Waals surface area contributed by atoms with E-state index in [1.807, 2.05) is 36.1 Å². The fourth-order valence-corrected chi connectivity index (χ4v) is 2.51. The number of hydrogen-bond acceptors (Lipinski definition) is 4. The number of aryl methyl sites for hydroxylation is 1. The largest absolute Gasteiger partial charge is 0.497 e. The summed E-state index contributed by atoms with van der Waals surface area (Å²) < 4.78 is 7.17. The second-order valence-corrected chi connectivity index (χ2v) is 5.26. The van der Waals surface area contributed by atoms with Crippen LogP contribution in [0.15, 0.2) is 41.8 Å². The lowest BCUT2D eigenvalue weighted by atomic mass is 10.2. The minimum absolute atomic E-state index is 0.880. The molecule has 0 spiro atoms. The molecule has 1 N–H and O–H groups in total. The van der Waals surface area contributed by atoms with Crippen molar-refractivity contribution >= 4 is 11.8 Å². The lowest BCUT2D eigenvalue weighted by Crippen LogP contribution is -2.16. The van der Waals surface area contributed by atoms with Crippen LogP contribution in [-0.4, -0.2) is 29.0 Å². The van der Waals surface area contributed by atoms with Gasteiger partial charge in [-0.3, -0.25) is 0 Å². The van der Waals surface area contributed by atoms with Gasteiger partial charge in [0, 0.05) is 38.3 Å². The Kier molecular flexibility index (Phi) is 5.30. The summed E-state index contributed by atoms with van der Waals surface area (Å²) in [6.45, 7) is 1.84. The van der Waals surface area contributed by atoms with E-state index in [2.05, 4.69) is 22.4 Å². The Balaban J connectivity index is 1.65. The zero-order valence-electron chi connectivity index (χ0n) is 11.3. The van der Waals surface area contributed by atoms with Crippen molar-refractivity contribution in [2.45, 2.75) is 11.7 Å². The summed E-state index contributed by atoms with van der Waals surface area (Å²) in [5.74, 6) is 1.91. The molecule has 0 amide bonds. The van der Waals surface area contributed by atoms with Gasteiger partial charge in [-0.1, -0.05) is 23.9 Å². The van der Waals surface area contributed by atoms with E-state index in [9.17, 15) is 0 Å². The summed E-state index contributed by atoms with van der Waals surface area (Å²) in [7, 11) is 3.70. The average Bonchev–Trinajstić information content (AvgIpc) is 2.85. The van der Waals surface area contributed by atoms with E-state index < -0.39 is 0 Å². The van der Waals surface area contributed by atoms with Gasteiger partial charge in [0.05, 0.1) is 7.11 Å². The van der Waals surface area contributed by atoms with Crippen LogP contribution in [0.25, 0.3) is 0 Å². The molecular weight excluding hydrogens is 258 g/mol. The van der Waals surface area contributed by atoms with E-state index in [0.717, 1.165) is 29.7 Å². The highest BCUT2D eigenvalue weighted by Crippen LogP contribution is 2.13. The van der Waals surface area contributed by atoms with Crippen molar-refractivity contribution in [2.75, 3.05) is 19.4 Å². The van der Waals surface area contributed by atoms with Crippen molar-refractivity contribution in [1.29, 1.82) is 0 Å². The third-order valence-corrected chi connectivity index (χ3v) is 3.83. The molecule has 102 valence electrons. The highest BCUT2D eigenvalue weighted by Gasteiger charge is 1.99. The molecule has 0 unspecified atom stereocenters. The average molecular weight is 277 g/mol. The van der Waals surface area contributed by atoms with Gasteiger partial charge in [-0.25, -0.2) is 4.98 Å². The summed E-state index contributed by atoms with van der Waals surface area (Å²) in [6, 6.07) is 8.13. The van der Waals surface area contributed by atoms with Crippen LogP contribution in [-0.2, 0) is 13.6 Å². The van der Waals surface area contributed by atoms with Crippen LogP contribution < -0.4 is 10.1 Å². The summed E-state index contributed by atoms with van der Waals surface area (Å²) in [5.41, 5.74) is 1.27. The van der Waals surface area contributed by atoms with Crippen LogP contribution in [0.1, 0.15) is 5.56 Å². The zero-order valence-corrected chi connectivity index (χ0v) is 12.1. The molecule has 1 heterocycles. The van der Waals surface area contributed by atoms with Crippen LogP contribution in [0.5, 0.6) is 5.75 Å². The molecule has 0 radical (unpaired) electrons. The van der Waals surface area contributed by atoms with Gasteiger partial charge in [0.2, 0.25) is 0 Å². The monoisotopic (exact) mass is 277 g/mol. The van der Waals surface area contributed by atoms with Gasteiger partial charge in [0.1, 0.15) is 5.75 Å². The second kappa shape index (κ2) is 7.21. The molecule has 0 aliphatic rings. The number of hydrogen-bond donors (Lipinski definition) is 1. The number of benzene rings is 1. The van der Waals surface area contributed by atoms with Crippen molar-refractivity contribution in [3.8, 4) is 5.75 Å². The minimum Gasteiger partial charge on any atom is -0.497 e. The van der Waals surface area contributed by atoms with Gasteiger partial charge in [-0.15, -0.1) is 0 Å². The predicted octanol–water partition coefficient (Wildman–Crippen LogP) is 2.31. The molecule has 2 rings (SSSR count). The maximum Gasteiger partial charge on any atom is 0.167 e. The molecule has 0 aliphatic heterocycles. The molecule has 0 bridgehead atoms. The second-order valence-electron chi connectivity index (χ2n) is 4.19. The fourth-order valence-electron chi connectivity index (χ4n) is 1.68. The van der Waals surface area contributed by atoms with Gasteiger partial charge in [0.25, 0.3) is 0 Å². The third-order valence-electron chi connectivity index (χ3n) is 2.78. The van der Waals surface area contributed by atoms with Gasteiger partial charge in [-0.05, 0) is 17.7 Å². The number of nitrogens with one attached hydrogen (secondary N) is 1. The van der Waals surface area contributed by atoms with Crippen molar-refractivity contribution in [1.82, 2.24) is 14.9 Å². The molecule has 0 fully saturated rings. The van der Waals surface area contributed by atoms with Crippen LogP contribution in [0.4, 0.5) is 0 Å². The summed E-state index contributed by atoms with van der Waals surface area (Å²) in [4.78, 5) is 4.27. The van der Waals surface area contributed by atoms with Gasteiger partial charge in [-0.2, -0.15) is 0 Å². The van der Waals surface area contributed by atoms with E-state index in [4.69, 9.17) is 4.74 Å². The first-order chi connectivity index (χ1) is 9.29. The SMILES string of the molecule is COc1ccc(CNCCSc2nccn2C)cc1. The zero-order chi connectivity index (χ0) is 13.5. The summed E-state index contributed by atoms with van der Waals surface area (Å²) in [6.07, 6.45) is 3.79. The number of methoxy groups -OCH3 is 1. The smallest absolute Gasteiger partial charge is 0.167 e. The van der Waals surface area contributed by atoms with Crippen LogP contribution in [0.2, 0.25) is 0 Å². The third kappa shape index (κ3) is 4.29. The maximum absolute atomic E-state index is 5.13. The van der Waals surface area contributed by atoms with Crippen LogP contribution in [0, 0.1) is 0 Å². The van der Waals surface area contributed by atoms with Crippen LogP contribution in [0.3, 0.4) is 0 Å². The summed E-state index contributed by atoms with van der Waals surface area (Å²) >= 11 is 1.76. The van der Waals surface area contributed by atoms with Crippen molar-refractivity contribution in [3.05, 3.63) is 42.2 Å². The molecule has 2 aromatic rings. The van der Waals surface area contributed by atoms with Crippen molar-refractivity contribution in [3.63, 3.8) is 0 Å². The molecule has 0 aliphatic carbocycles. The van der Waals surface area contributed by atoms with E-state index >= 15 is 0 Å². The number of aromatic nitrogens is 2. The maximum atomic E-state index is 5.13. The molecule has 1 aromatic carbocycles.